The maximum Gasteiger partial charge on any atom is 0.255 e. The largest absolute Gasteiger partial charge is 0.322 e. The molecule has 9 heteroatoms. The van der Waals surface area contributed by atoms with Gasteiger partial charge in [-0.25, -0.2) is 8.42 Å². The van der Waals surface area contributed by atoms with Crippen LogP contribution in [0.5, 0.6) is 0 Å². The molecule has 0 saturated heterocycles. The number of halogens is 1. The highest BCUT2D eigenvalue weighted by Crippen LogP contribution is 2.27. The number of hydrogen-bond acceptors (Lipinski definition) is 5. The maximum atomic E-state index is 13.1. The standard InChI is InChI=1S/C27H22IN3O4S/c1-36(34,35)17-20-11-10-19(15-25(20)31-26(32)18-7-3-2-4-8-18)27(33)30-21-12-13-23(28)22(16-21)24-9-5-6-14-29-24/h2-16H,17H2,1H3,(H,30,33)(H,31,32). The summed E-state index contributed by atoms with van der Waals surface area (Å²) in [6, 6.07) is 24.3. The van der Waals surface area contributed by atoms with Crippen LogP contribution in [0, 0.1) is 3.57 Å². The number of nitrogens with one attached hydrogen (secondary N) is 2. The summed E-state index contributed by atoms with van der Waals surface area (Å²) in [6.07, 6.45) is 2.83. The van der Waals surface area contributed by atoms with Gasteiger partial charge in [0.25, 0.3) is 11.8 Å². The van der Waals surface area contributed by atoms with Gasteiger partial charge < -0.3 is 10.6 Å². The minimum atomic E-state index is -3.38. The van der Waals surface area contributed by atoms with E-state index in [9.17, 15) is 18.0 Å². The van der Waals surface area contributed by atoms with Crippen molar-refractivity contribution in [3.8, 4) is 11.3 Å². The number of sulfone groups is 1. The Morgan fingerprint density at radius 2 is 1.56 bits per heavy atom. The highest BCUT2D eigenvalue weighted by Gasteiger charge is 2.17. The van der Waals surface area contributed by atoms with Crippen molar-refractivity contribution in [3.63, 3.8) is 0 Å². The number of nitrogens with zero attached hydrogens (tertiary/aromatic N) is 1. The molecule has 1 heterocycles. The predicted octanol–water partition coefficient (Wildman–Crippen LogP) is 5.40. The van der Waals surface area contributed by atoms with Gasteiger partial charge in [0, 0.05) is 44.1 Å². The molecule has 0 radical (unpaired) electrons. The molecule has 0 aliphatic heterocycles. The highest BCUT2D eigenvalue weighted by molar-refractivity contribution is 14.1. The van der Waals surface area contributed by atoms with Crippen LogP contribution in [0.15, 0.2) is 91.1 Å². The minimum Gasteiger partial charge on any atom is -0.322 e. The summed E-state index contributed by atoms with van der Waals surface area (Å²) in [5.74, 6) is -1.08. The number of pyridine rings is 1. The van der Waals surface area contributed by atoms with E-state index in [1.165, 1.54) is 6.07 Å². The van der Waals surface area contributed by atoms with Gasteiger partial charge >= 0.3 is 0 Å². The molecule has 0 unspecified atom stereocenters. The van der Waals surface area contributed by atoms with Crippen LogP contribution in [0.2, 0.25) is 0 Å². The van der Waals surface area contributed by atoms with Crippen molar-refractivity contribution in [2.45, 2.75) is 5.75 Å². The van der Waals surface area contributed by atoms with Crippen molar-refractivity contribution in [2.24, 2.45) is 0 Å². The number of anilines is 2. The molecule has 0 aliphatic carbocycles. The Labute approximate surface area is 223 Å². The average molecular weight is 611 g/mol. The summed E-state index contributed by atoms with van der Waals surface area (Å²) in [6.45, 7) is 0. The molecule has 36 heavy (non-hydrogen) atoms. The third-order valence-corrected chi connectivity index (χ3v) is 7.02. The summed E-state index contributed by atoms with van der Waals surface area (Å²) in [5.41, 5.74) is 3.59. The number of hydrogen-bond donors (Lipinski definition) is 2. The topological polar surface area (TPSA) is 105 Å². The molecule has 2 N–H and O–H groups in total. The van der Waals surface area contributed by atoms with E-state index in [2.05, 4.69) is 38.2 Å². The fourth-order valence-electron chi connectivity index (χ4n) is 3.55. The quantitative estimate of drug-likeness (QED) is 0.273. The lowest BCUT2D eigenvalue weighted by Gasteiger charge is -2.14. The molecular weight excluding hydrogens is 589 g/mol. The van der Waals surface area contributed by atoms with Gasteiger partial charge in [-0.05, 0) is 82.8 Å². The maximum absolute atomic E-state index is 13.1. The molecule has 7 nitrogen and oxygen atoms in total. The SMILES string of the molecule is CS(=O)(=O)Cc1ccc(C(=O)Nc2ccc(I)c(-c3ccccn3)c2)cc1NC(=O)c1ccccc1. The van der Waals surface area contributed by atoms with Crippen molar-refractivity contribution in [1.82, 2.24) is 4.98 Å². The van der Waals surface area contributed by atoms with Gasteiger partial charge in [0.15, 0.2) is 9.84 Å². The van der Waals surface area contributed by atoms with Gasteiger partial charge in [-0.2, -0.15) is 0 Å². The first-order valence-corrected chi connectivity index (χ1v) is 14.0. The van der Waals surface area contributed by atoms with Crippen molar-refractivity contribution in [3.05, 3.63) is 111 Å². The lowest BCUT2D eigenvalue weighted by atomic mass is 10.1. The number of aromatic nitrogens is 1. The minimum absolute atomic E-state index is 0.263. The zero-order chi connectivity index (χ0) is 25.7. The van der Waals surface area contributed by atoms with Crippen molar-refractivity contribution < 1.29 is 18.0 Å². The summed E-state index contributed by atoms with van der Waals surface area (Å²) in [4.78, 5) is 30.2. The molecule has 0 atom stereocenters. The van der Waals surface area contributed by atoms with Crippen LogP contribution in [-0.4, -0.2) is 31.5 Å². The molecule has 182 valence electrons. The zero-order valence-electron chi connectivity index (χ0n) is 19.2. The van der Waals surface area contributed by atoms with Crippen LogP contribution in [0.4, 0.5) is 11.4 Å². The third kappa shape index (κ3) is 6.55. The summed E-state index contributed by atoms with van der Waals surface area (Å²) in [5, 5.41) is 5.63. The van der Waals surface area contributed by atoms with E-state index in [4.69, 9.17) is 0 Å². The fourth-order valence-corrected chi connectivity index (χ4v) is 4.98. The van der Waals surface area contributed by atoms with Gasteiger partial charge in [-0.15, -0.1) is 0 Å². The van der Waals surface area contributed by atoms with E-state index in [0.29, 0.717) is 16.8 Å². The number of amides is 2. The first-order chi connectivity index (χ1) is 17.2. The smallest absolute Gasteiger partial charge is 0.255 e. The average Bonchev–Trinajstić information content (AvgIpc) is 2.86. The van der Waals surface area contributed by atoms with Gasteiger partial charge in [0.05, 0.1) is 11.4 Å². The number of rotatable bonds is 7. The first-order valence-electron chi connectivity index (χ1n) is 10.9. The Morgan fingerprint density at radius 3 is 2.25 bits per heavy atom. The van der Waals surface area contributed by atoms with E-state index < -0.39 is 21.7 Å². The molecule has 1 aromatic heterocycles. The molecule has 4 aromatic rings. The van der Waals surface area contributed by atoms with E-state index in [1.54, 1.807) is 54.7 Å². The van der Waals surface area contributed by atoms with E-state index in [0.717, 1.165) is 21.1 Å². The molecular formula is C27H22IN3O4S. The predicted molar refractivity (Wildman–Crippen MR) is 150 cm³/mol. The van der Waals surface area contributed by atoms with Crippen molar-refractivity contribution >= 4 is 55.6 Å². The molecule has 2 amide bonds. The Balaban J connectivity index is 1.62. The van der Waals surface area contributed by atoms with E-state index in [-0.39, 0.29) is 17.0 Å². The second kappa shape index (κ2) is 11.0. The third-order valence-electron chi connectivity index (χ3n) is 5.24. The Morgan fingerprint density at radius 1 is 0.833 bits per heavy atom. The first kappa shape index (κ1) is 25.5. The van der Waals surface area contributed by atoms with Crippen LogP contribution in [0.3, 0.4) is 0 Å². The van der Waals surface area contributed by atoms with Gasteiger partial charge in [0.2, 0.25) is 0 Å². The highest BCUT2D eigenvalue weighted by atomic mass is 127. The second-order valence-electron chi connectivity index (χ2n) is 8.13. The van der Waals surface area contributed by atoms with E-state index >= 15 is 0 Å². The molecule has 0 saturated carbocycles. The normalized spacial score (nSPS) is 11.1. The second-order valence-corrected chi connectivity index (χ2v) is 11.4. The van der Waals surface area contributed by atoms with Gasteiger partial charge in [-0.3, -0.25) is 14.6 Å². The lowest BCUT2D eigenvalue weighted by molar-refractivity contribution is 0.101. The number of carbonyl (C=O) groups excluding carboxylic acids is 2. The molecule has 3 aromatic carbocycles. The van der Waals surface area contributed by atoms with Crippen LogP contribution >= 0.6 is 22.6 Å². The number of benzene rings is 3. The monoisotopic (exact) mass is 611 g/mol. The Hall–Kier alpha value is -3.57. The Bertz CT molecular complexity index is 1530. The Kier molecular flexibility index (Phi) is 7.80. The molecule has 0 aliphatic rings. The molecule has 4 rings (SSSR count). The van der Waals surface area contributed by atoms with Gasteiger partial charge in [0.1, 0.15) is 0 Å². The van der Waals surface area contributed by atoms with E-state index in [1.807, 2.05) is 30.3 Å². The van der Waals surface area contributed by atoms with Crippen LogP contribution < -0.4 is 10.6 Å². The fraction of sp³-hybridized carbons (Fsp3) is 0.0741. The molecule has 0 bridgehead atoms. The van der Waals surface area contributed by atoms with Gasteiger partial charge in [-0.1, -0.05) is 30.3 Å². The van der Waals surface area contributed by atoms with Crippen LogP contribution in [0.1, 0.15) is 26.3 Å². The van der Waals surface area contributed by atoms with Crippen molar-refractivity contribution in [1.29, 1.82) is 0 Å². The number of carbonyl (C=O) groups is 2. The molecule has 0 spiro atoms. The molecule has 0 fully saturated rings. The van der Waals surface area contributed by atoms with Crippen molar-refractivity contribution in [2.75, 3.05) is 16.9 Å². The summed E-state index contributed by atoms with van der Waals surface area (Å²) >= 11 is 2.22. The zero-order valence-corrected chi connectivity index (χ0v) is 22.2. The van der Waals surface area contributed by atoms with Crippen LogP contribution in [0.25, 0.3) is 11.3 Å². The summed E-state index contributed by atoms with van der Waals surface area (Å²) < 4.78 is 24.9. The lowest BCUT2D eigenvalue weighted by Crippen LogP contribution is -2.17. The summed E-state index contributed by atoms with van der Waals surface area (Å²) in [7, 11) is -3.38. The van der Waals surface area contributed by atoms with Crippen LogP contribution in [-0.2, 0) is 15.6 Å².